The second-order valence-electron chi connectivity index (χ2n) is 6.96. The first kappa shape index (κ1) is 20.2. The highest BCUT2D eigenvalue weighted by atomic mass is 79.9. The fourth-order valence-corrected chi connectivity index (χ4v) is 4.44. The lowest BCUT2D eigenvalue weighted by Gasteiger charge is -2.26. The first-order valence-electron chi connectivity index (χ1n) is 9.55. The largest absolute Gasteiger partial charge is 0.379 e. The number of hydrogen-bond acceptors (Lipinski definition) is 5. The molecule has 0 spiro atoms. The Morgan fingerprint density at radius 1 is 1.17 bits per heavy atom. The topological polar surface area (TPSA) is 54.5 Å². The summed E-state index contributed by atoms with van der Waals surface area (Å²) in [5.41, 5.74) is 3.88. The Bertz CT molecular complexity index is 968. The van der Waals surface area contributed by atoms with E-state index < -0.39 is 0 Å². The molecule has 0 unspecified atom stereocenters. The van der Waals surface area contributed by atoms with Gasteiger partial charge in [-0.25, -0.2) is 4.98 Å². The number of anilines is 1. The molecule has 1 fully saturated rings. The number of morpholine rings is 1. The average Bonchev–Trinajstić information content (AvgIpc) is 3.19. The van der Waals surface area contributed by atoms with E-state index in [4.69, 9.17) is 4.74 Å². The second kappa shape index (κ2) is 9.63. The average molecular weight is 472 g/mol. The Balaban J connectivity index is 1.31. The molecule has 29 heavy (non-hydrogen) atoms. The molecule has 150 valence electrons. The number of thiazole rings is 1. The first-order chi connectivity index (χ1) is 14.2. The summed E-state index contributed by atoms with van der Waals surface area (Å²) < 4.78 is 6.40. The van der Waals surface area contributed by atoms with Gasteiger partial charge in [-0.15, -0.1) is 11.3 Å². The van der Waals surface area contributed by atoms with Crippen LogP contribution < -0.4 is 5.32 Å². The van der Waals surface area contributed by atoms with Gasteiger partial charge in [-0.1, -0.05) is 40.2 Å². The maximum Gasteiger partial charge on any atom is 0.230 e. The number of rotatable bonds is 6. The van der Waals surface area contributed by atoms with E-state index in [1.165, 1.54) is 5.56 Å². The lowest BCUT2D eigenvalue weighted by molar-refractivity contribution is -0.115. The van der Waals surface area contributed by atoms with Crippen LogP contribution in [0.2, 0.25) is 0 Å². The molecule has 0 atom stereocenters. The van der Waals surface area contributed by atoms with Gasteiger partial charge in [0.25, 0.3) is 0 Å². The number of nitrogens with zero attached hydrogens (tertiary/aromatic N) is 2. The number of benzene rings is 2. The van der Waals surface area contributed by atoms with Crippen LogP contribution in [-0.4, -0.2) is 42.1 Å². The minimum atomic E-state index is -0.0583. The minimum Gasteiger partial charge on any atom is -0.379 e. The van der Waals surface area contributed by atoms with Crippen LogP contribution in [0.1, 0.15) is 11.3 Å². The van der Waals surface area contributed by atoms with Crippen molar-refractivity contribution in [2.75, 3.05) is 31.6 Å². The molecule has 7 heteroatoms. The molecule has 4 rings (SSSR count). The molecule has 2 aromatic carbocycles. The molecule has 1 aliphatic heterocycles. The van der Waals surface area contributed by atoms with Gasteiger partial charge in [0, 0.05) is 40.7 Å². The van der Waals surface area contributed by atoms with Crippen molar-refractivity contribution in [3.8, 4) is 10.6 Å². The summed E-state index contributed by atoms with van der Waals surface area (Å²) in [5.74, 6) is -0.0583. The van der Waals surface area contributed by atoms with E-state index in [1.54, 1.807) is 11.3 Å². The molecule has 0 bridgehead atoms. The number of carbonyl (C=O) groups is 1. The summed E-state index contributed by atoms with van der Waals surface area (Å²) in [7, 11) is 0. The van der Waals surface area contributed by atoms with E-state index in [9.17, 15) is 4.79 Å². The van der Waals surface area contributed by atoms with Crippen molar-refractivity contribution >= 4 is 38.9 Å². The summed E-state index contributed by atoms with van der Waals surface area (Å²) in [5, 5.41) is 5.83. The number of nitrogens with one attached hydrogen (secondary N) is 1. The lowest BCUT2D eigenvalue weighted by atomic mass is 10.2. The molecule has 3 aromatic rings. The van der Waals surface area contributed by atoms with Gasteiger partial charge in [-0.2, -0.15) is 0 Å². The Hall–Kier alpha value is -2.06. The van der Waals surface area contributed by atoms with E-state index in [0.717, 1.165) is 59.3 Å². The zero-order valence-corrected chi connectivity index (χ0v) is 18.3. The molecule has 0 radical (unpaired) electrons. The highest BCUT2D eigenvalue weighted by Crippen LogP contribution is 2.26. The van der Waals surface area contributed by atoms with Gasteiger partial charge in [0.1, 0.15) is 5.01 Å². The summed E-state index contributed by atoms with van der Waals surface area (Å²) in [6.45, 7) is 4.44. The molecule has 2 heterocycles. The molecule has 1 aliphatic rings. The standard InChI is InChI=1S/C22H22BrN3O2S/c23-18-3-1-2-17(12-18)22-25-20(15-29-22)13-21(27)24-19-6-4-16(5-7-19)14-26-8-10-28-11-9-26/h1-7,12,15H,8-11,13-14H2,(H,24,27). The van der Waals surface area contributed by atoms with Crippen LogP contribution in [0.4, 0.5) is 5.69 Å². The smallest absolute Gasteiger partial charge is 0.230 e. The monoisotopic (exact) mass is 471 g/mol. The summed E-state index contributed by atoms with van der Waals surface area (Å²) in [4.78, 5) is 19.4. The number of hydrogen-bond donors (Lipinski definition) is 1. The predicted octanol–water partition coefficient (Wildman–Crippen LogP) is 4.59. The highest BCUT2D eigenvalue weighted by Gasteiger charge is 2.12. The van der Waals surface area contributed by atoms with Crippen LogP contribution >= 0.6 is 27.3 Å². The molecule has 1 amide bonds. The third kappa shape index (κ3) is 5.73. The fraction of sp³-hybridized carbons (Fsp3) is 0.273. The number of carbonyl (C=O) groups excluding carboxylic acids is 1. The van der Waals surface area contributed by atoms with Crippen LogP contribution in [0, 0.1) is 0 Å². The van der Waals surface area contributed by atoms with Gasteiger partial charge in [0.2, 0.25) is 5.91 Å². The van der Waals surface area contributed by atoms with Crippen molar-refractivity contribution in [3.63, 3.8) is 0 Å². The van der Waals surface area contributed by atoms with Crippen molar-refractivity contribution in [2.45, 2.75) is 13.0 Å². The van der Waals surface area contributed by atoms with Crippen LogP contribution in [0.25, 0.3) is 10.6 Å². The number of halogens is 1. The van der Waals surface area contributed by atoms with Crippen molar-refractivity contribution < 1.29 is 9.53 Å². The molecule has 0 saturated carbocycles. The lowest BCUT2D eigenvalue weighted by Crippen LogP contribution is -2.35. The van der Waals surface area contributed by atoms with Crippen molar-refractivity contribution in [3.05, 3.63) is 69.6 Å². The van der Waals surface area contributed by atoms with Crippen LogP contribution in [0.5, 0.6) is 0 Å². The summed E-state index contributed by atoms with van der Waals surface area (Å²) in [6.07, 6.45) is 0.264. The third-order valence-electron chi connectivity index (χ3n) is 4.71. The molecular weight excluding hydrogens is 450 g/mol. The van der Waals surface area contributed by atoms with Crippen molar-refractivity contribution in [1.29, 1.82) is 0 Å². The fourth-order valence-electron chi connectivity index (χ4n) is 3.22. The Morgan fingerprint density at radius 3 is 2.72 bits per heavy atom. The van der Waals surface area contributed by atoms with Crippen LogP contribution in [0.15, 0.2) is 58.4 Å². The predicted molar refractivity (Wildman–Crippen MR) is 120 cm³/mol. The molecule has 1 saturated heterocycles. The van der Waals surface area contributed by atoms with Crippen LogP contribution in [0.3, 0.4) is 0 Å². The van der Waals surface area contributed by atoms with Gasteiger partial charge >= 0.3 is 0 Å². The van der Waals surface area contributed by atoms with E-state index in [2.05, 4.69) is 43.3 Å². The van der Waals surface area contributed by atoms with Gasteiger partial charge in [0.05, 0.1) is 25.3 Å². The van der Waals surface area contributed by atoms with E-state index in [0.29, 0.717) is 0 Å². The van der Waals surface area contributed by atoms with Crippen molar-refractivity contribution in [1.82, 2.24) is 9.88 Å². The van der Waals surface area contributed by atoms with Crippen LogP contribution in [-0.2, 0) is 22.5 Å². The zero-order chi connectivity index (χ0) is 20.1. The SMILES string of the molecule is O=C(Cc1csc(-c2cccc(Br)c2)n1)Nc1ccc(CN2CCOCC2)cc1. The van der Waals surface area contributed by atoms with E-state index in [-0.39, 0.29) is 12.3 Å². The zero-order valence-electron chi connectivity index (χ0n) is 15.9. The number of ether oxygens (including phenoxy) is 1. The highest BCUT2D eigenvalue weighted by molar-refractivity contribution is 9.10. The Labute approximate surface area is 182 Å². The van der Waals surface area contributed by atoms with Gasteiger partial charge in [-0.05, 0) is 29.8 Å². The number of amides is 1. The second-order valence-corrected chi connectivity index (χ2v) is 8.74. The van der Waals surface area contributed by atoms with Gasteiger partial charge < -0.3 is 10.1 Å². The molecule has 5 nitrogen and oxygen atoms in total. The molecule has 1 N–H and O–H groups in total. The molecule has 1 aromatic heterocycles. The molecular formula is C22H22BrN3O2S. The van der Waals surface area contributed by atoms with Crippen molar-refractivity contribution in [2.24, 2.45) is 0 Å². The quantitative estimate of drug-likeness (QED) is 0.571. The summed E-state index contributed by atoms with van der Waals surface area (Å²) in [6, 6.07) is 16.1. The number of aromatic nitrogens is 1. The Morgan fingerprint density at radius 2 is 1.97 bits per heavy atom. The van der Waals surface area contributed by atoms with E-state index >= 15 is 0 Å². The Kier molecular flexibility index (Phi) is 6.71. The van der Waals surface area contributed by atoms with Gasteiger partial charge in [0.15, 0.2) is 0 Å². The maximum absolute atomic E-state index is 12.4. The maximum atomic E-state index is 12.4. The minimum absolute atomic E-state index is 0.0583. The summed E-state index contributed by atoms with van der Waals surface area (Å²) >= 11 is 5.03. The van der Waals surface area contributed by atoms with E-state index in [1.807, 2.05) is 41.8 Å². The first-order valence-corrected chi connectivity index (χ1v) is 11.2. The third-order valence-corrected chi connectivity index (χ3v) is 6.15. The normalized spacial score (nSPS) is 14.7. The molecule has 0 aliphatic carbocycles. The van der Waals surface area contributed by atoms with Gasteiger partial charge in [-0.3, -0.25) is 9.69 Å².